The molecule has 2 unspecified atom stereocenters. The second-order valence-electron chi connectivity index (χ2n) is 5.85. The molecule has 2 saturated heterocycles. The second-order valence-corrected chi connectivity index (χ2v) is 5.85. The molecule has 4 heteroatoms. The summed E-state index contributed by atoms with van der Waals surface area (Å²) in [7, 11) is 0. The lowest BCUT2D eigenvalue weighted by molar-refractivity contribution is -0.0920. The molecule has 0 radical (unpaired) electrons. The van der Waals surface area contributed by atoms with Crippen LogP contribution in [-0.2, 0) is 9.47 Å². The van der Waals surface area contributed by atoms with Crippen LogP contribution in [0.3, 0.4) is 0 Å². The van der Waals surface area contributed by atoms with Gasteiger partial charge in [0.2, 0.25) is 0 Å². The molecule has 2 heterocycles. The number of ether oxygens (including phenoxy) is 3. The summed E-state index contributed by atoms with van der Waals surface area (Å²) in [5.74, 6) is 0.984. The molecule has 4 nitrogen and oxygen atoms in total. The van der Waals surface area contributed by atoms with E-state index in [4.69, 9.17) is 14.2 Å². The third kappa shape index (κ3) is 3.11. The molecule has 2 fully saturated rings. The van der Waals surface area contributed by atoms with Gasteiger partial charge in [-0.15, -0.1) is 0 Å². The fourth-order valence-electron chi connectivity index (χ4n) is 3.26. The van der Waals surface area contributed by atoms with E-state index in [1.54, 1.807) is 0 Å². The van der Waals surface area contributed by atoms with Crippen molar-refractivity contribution < 1.29 is 19.0 Å². The van der Waals surface area contributed by atoms with Gasteiger partial charge in [0, 0.05) is 31.1 Å². The summed E-state index contributed by atoms with van der Waals surface area (Å²) in [6, 6.07) is 7.49. The molecule has 1 aromatic rings. The zero-order valence-corrected chi connectivity index (χ0v) is 12.5. The molecule has 2 atom stereocenters. The Labute approximate surface area is 125 Å². The largest absolute Gasteiger partial charge is 0.494 e. The van der Waals surface area contributed by atoms with Crippen molar-refractivity contribution in [3.63, 3.8) is 0 Å². The molecule has 114 valence electrons. The van der Waals surface area contributed by atoms with Crippen molar-refractivity contribution >= 4 is 5.78 Å². The Balaban J connectivity index is 1.73. The van der Waals surface area contributed by atoms with Crippen molar-refractivity contribution in [1.82, 2.24) is 0 Å². The van der Waals surface area contributed by atoms with E-state index in [1.165, 1.54) is 0 Å². The third-order valence-corrected chi connectivity index (χ3v) is 4.36. The predicted octanol–water partition coefficient (Wildman–Crippen LogP) is 2.85. The molecule has 1 aromatic carbocycles. The lowest BCUT2D eigenvalue weighted by Crippen LogP contribution is -2.42. The van der Waals surface area contributed by atoms with E-state index in [1.807, 2.05) is 31.2 Å². The Morgan fingerprint density at radius 2 is 2.33 bits per heavy atom. The van der Waals surface area contributed by atoms with Crippen molar-refractivity contribution in [3.8, 4) is 5.75 Å². The van der Waals surface area contributed by atoms with Crippen molar-refractivity contribution in [2.75, 3.05) is 26.4 Å². The first-order chi connectivity index (χ1) is 10.2. The maximum absolute atomic E-state index is 12.7. The van der Waals surface area contributed by atoms with E-state index in [9.17, 15) is 4.79 Å². The monoisotopic (exact) mass is 290 g/mol. The van der Waals surface area contributed by atoms with Crippen LogP contribution in [0.4, 0.5) is 0 Å². The number of rotatable bonds is 4. The van der Waals surface area contributed by atoms with Crippen LogP contribution < -0.4 is 4.74 Å². The summed E-state index contributed by atoms with van der Waals surface area (Å²) in [4.78, 5) is 12.7. The Hall–Kier alpha value is -1.39. The van der Waals surface area contributed by atoms with Crippen LogP contribution in [0, 0.1) is 5.92 Å². The highest BCUT2D eigenvalue weighted by Crippen LogP contribution is 2.37. The minimum atomic E-state index is -0.226. The fourth-order valence-corrected chi connectivity index (χ4v) is 3.26. The van der Waals surface area contributed by atoms with Gasteiger partial charge in [0.1, 0.15) is 5.75 Å². The average molecular weight is 290 g/mol. The van der Waals surface area contributed by atoms with Gasteiger partial charge in [-0.05, 0) is 31.9 Å². The van der Waals surface area contributed by atoms with Gasteiger partial charge >= 0.3 is 0 Å². The molecule has 1 spiro atoms. The SMILES string of the molecule is CCOc1cccc(C(=O)C2CCOC3(CCOC3)C2)c1. The summed E-state index contributed by atoms with van der Waals surface area (Å²) in [5.41, 5.74) is 0.512. The second kappa shape index (κ2) is 6.16. The number of benzene rings is 1. The number of carbonyl (C=O) groups excluding carboxylic acids is 1. The number of hydrogen-bond donors (Lipinski definition) is 0. The van der Waals surface area contributed by atoms with E-state index >= 15 is 0 Å². The Morgan fingerprint density at radius 3 is 3.10 bits per heavy atom. The highest BCUT2D eigenvalue weighted by atomic mass is 16.6. The van der Waals surface area contributed by atoms with Crippen LogP contribution in [0.2, 0.25) is 0 Å². The normalized spacial score (nSPS) is 28.7. The number of ketones is 1. The summed E-state index contributed by atoms with van der Waals surface area (Å²) in [6.45, 7) is 4.55. The smallest absolute Gasteiger partial charge is 0.166 e. The molecular weight excluding hydrogens is 268 g/mol. The lowest BCUT2D eigenvalue weighted by atomic mass is 9.81. The summed E-state index contributed by atoms with van der Waals surface area (Å²) in [5, 5.41) is 0. The Morgan fingerprint density at radius 1 is 1.43 bits per heavy atom. The van der Waals surface area contributed by atoms with E-state index in [0.717, 1.165) is 37.2 Å². The van der Waals surface area contributed by atoms with Gasteiger partial charge in [0.25, 0.3) is 0 Å². The molecule has 0 aliphatic carbocycles. The first-order valence-corrected chi connectivity index (χ1v) is 7.71. The molecule has 0 amide bonds. The van der Waals surface area contributed by atoms with Crippen molar-refractivity contribution in [1.29, 1.82) is 0 Å². The molecule has 0 saturated carbocycles. The van der Waals surface area contributed by atoms with E-state index < -0.39 is 0 Å². The van der Waals surface area contributed by atoms with Gasteiger partial charge in [-0.25, -0.2) is 0 Å². The summed E-state index contributed by atoms with van der Waals surface area (Å²) >= 11 is 0. The summed E-state index contributed by atoms with van der Waals surface area (Å²) in [6.07, 6.45) is 2.46. The first-order valence-electron chi connectivity index (χ1n) is 7.71. The molecule has 2 aliphatic rings. The van der Waals surface area contributed by atoms with Crippen LogP contribution >= 0.6 is 0 Å². The maximum Gasteiger partial charge on any atom is 0.166 e. The maximum atomic E-state index is 12.7. The number of hydrogen-bond acceptors (Lipinski definition) is 4. The highest BCUT2D eigenvalue weighted by Gasteiger charge is 2.43. The third-order valence-electron chi connectivity index (χ3n) is 4.36. The Kier molecular flexibility index (Phi) is 4.27. The quantitative estimate of drug-likeness (QED) is 0.800. The molecule has 3 rings (SSSR count). The van der Waals surface area contributed by atoms with Crippen molar-refractivity contribution in [2.24, 2.45) is 5.92 Å². The van der Waals surface area contributed by atoms with Gasteiger partial charge in [0.15, 0.2) is 5.78 Å². The average Bonchev–Trinajstić information content (AvgIpc) is 2.95. The van der Waals surface area contributed by atoms with Gasteiger partial charge in [0.05, 0.1) is 18.8 Å². The van der Waals surface area contributed by atoms with Crippen LogP contribution in [0.5, 0.6) is 5.75 Å². The zero-order chi connectivity index (χ0) is 14.7. The van der Waals surface area contributed by atoms with Gasteiger partial charge in [-0.1, -0.05) is 12.1 Å². The molecule has 21 heavy (non-hydrogen) atoms. The molecule has 2 aliphatic heterocycles. The Bertz CT molecular complexity index is 505. The van der Waals surface area contributed by atoms with E-state index in [2.05, 4.69) is 0 Å². The predicted molar refractivity (Wildman–Crippen MR) is 78.8 cm³/mol. The molecule has 0 bridgehead atoms. The lowest BCUT2D eigenvalue weighted by Gasteiger charge is -2.36. The van der Waals surface area contributed by atoms with Crippen LogP contribution in [0.25, 0.3) is 0 Å². The van der Waals surface area contributed by atoms with Crippen molar-refractivity contribution in [2.45, 2.75) is 31.8 Å². The number of Topliss-reactive ketones (excluding diaryl/α,β-unsaturated/α-hetero) is 1. The highest BCUT2D eigenvalue weighted by molar-refractivity contribution is 5.98. The first kappa shape index (κ1) is 14.5. The van der Waals surface area contributed by atoms with E-state index in [0.29, 0.717) is 19.8 Å². The van der Waals surface area contributed by atoms with Crippen LogP contribution in [0.15, 0.2) is 24.3 Å². The van der Waals surface area contributed by atoms with E-state index in [-0.39, 0.29) is 17.3 Å². The van der Waals surface area contributed by atoms with Gasteiger partial charge in [-0.3, -0.25) is 4.79 Å². The van der Waals surface area contributed by atoms with Crippen LogP contribution in [0.1, 0.15) is 36.5 Å². The van der Waals surface area contributed by atoms with Gasteiger partial charge in [-0.2, -0.15) is 0 Å². The number of carbonyl (C=O) groups is 1. The van der Waals surface area contributed by atoms with Crippen molar-refractivity contribution in [3.05, 3.63) is 29.8 Å². The molecule has 0 aromatic heterocycles. The fraction of sp³-hybridized carbons (Fsp3) is 0.588. The topological polar surface area (TPSA) is 44.8 Å². The summed E-state index contributed by atoms with van der Waals surface area (Å²) < 4.78 is 16.8. The minimum Gasteiger partial charge on any atom is -0.494 e. The van der Waals surface area contributed by atoms with Crippen LogP contribution in [-0.4, -0.2) is 37.8 Å². The molecule has 0 N–H and O–H groups in total. The standard InChI is InChI=1S/C17H22O4/c1-2-20-15-5-3-4-13(10-15)16(18)14-6-8-21-17(11-14)7-9-19-12-17/h3-5,10,14H,2,6-9,11-12H2,1H3. The van der Waals surface area contributed by atoms with Gasteiger partial charge < -0.3 is 14.2 Å². The zero-order valence-electron chi connectivity index (χ0n) is 12.5. The molecular formula is C17H22O4. The minimum absolute atomic E-state index is 0.0253.